The molecule has 1 unspecified atom stereocenters. The van der Waals surface area contributed by atoms with Crippen LogP contribution in [0.3, 0.4) is 0 Å². The fourth-order valence-corrected chi connectivity index (χ4v) is 0.965. The Bertz CT molecular complexity index is 90.9. The molecule has 0 aliphatic rings. The van der Waals surface area contributed by atoms with Crippen molar-refractivity contribution < 1.29 is 4.79 Å². The first kappa shape index (κ1) is 9.46. The monoisotopic (exact) mass is 243 g/mol. The van der Waals surface area contributed by atoms with Crippen molar-refractivity contribution in [2.45, 2.75) is 33.1 Å². The summed E-state index contributed by atoms with van der Waals surface area (Å²) in [6, 6.07) is 0. The van der Waals surface area contributed by atoms with Crippen molar-refractivity contribution in [1.29, 1.82) is 0 Å². The van der Waals surface area contributed by atoms with E-state index >= 15 is 0 Å². The van der Waals surface area contributed by atoms with Gasteiger partial charge in [-0.05, 0) is 0 Å². The standard InChI is InChI=1S/C7H13OTe/c1-3-4-5-6(2)7(8)9/h6H,3-5H2,1-2H3. The predicted octanol–water partition coefficient (Wildman–Crippen LogP) is 1.51. The molecule has 9 heavy (non-hydrogen) atoms. The SMILES string of the molecule is CCCCC(C)C(=O)[Te]. The van der Waals surface area contributed by atoms with Crippen molar-refractivity contribution in [3.8, 4) is 0 Å². The van der Waals surface area contributed by atoms with Crippen molar-refractivity contribution in [2.75, 3.05) is 0 Å². The van der Waals surface area contributed by atoms with E-state index in [2.05, 4.69) is 6.92 Å². The Kier molecular flexibility index (Phi) is 5.53. The average molecular weight is 241 g/mol. The quantitative estimate of drug-likeness (QED) is 0.681. The molecule has 0 aromatic heterocycles. The molecule has 1 atom stereocenters. The van der Waals surface area contributed by atoms with Crippen LogP contribution in [-0.4, -0.2) is 26.1 Å². The first-order valence-corrected chi connectivity index (χ1v) is 4.55. The van der Waals surface area contributed by atoms with Crippen LogP contribution >= 0.6 is 0 Å². The molecule has 0 aromatic carbocycles. The van der Waals surface area contributed by atoms with Gasteiger partial charge in [0.1, 0.15) is 0 Å². The van der Waals surface area contributed by atoms with Crippen LogP contribution in [0.15, 0.2) is 0 Å². The van der Waals surface area contributed by atoms with Crippen LogP contribution in [0.4, 0.5) is 0 Å². The molecule has 0 N–H and O–H groups in total. The van der Waals surface area contributed by atoms with E-state index < -0.39 is 0 Å². The Hall–Kier alpha value is 0.460. The van der Waals surface area contributed by atoms with Gasteiger partial charge in [-0.15, -0.1) is 0 Å². The van der Waals surface area contributed by atoms with Crippen molar-refractivity contribution >= 4 is 26.1 Å². The van der Waals surface area contributed by atoms with Crippen molar-refractivity contribution in [1.82, 2.24) is 0 Å². The van der Waals surface area contributed by atoms with E-state index in [0.717, 1.165) is 6.42 Å². The van der Waals surface area contributed by atoms with Crippen LogP contribution in [0, 0.1) is 5.92 Å². The Morgan fingerprint density at radius 2 is 2.22 bits per heavy atom. The Morgan fingerprint density at radius 3 is 2.56 bits per heavy atom. The number of rotatable bonds is 4. The van der Waals surface area contributed by atoms with Crippen LogP contribution in [0.5, 0.6) is 0 Å². The molecule has 0 aliphatic carbocycles. The van der Waals surface area contributed by atoms with Crippen molar-refractivity contribution in [3.05, 3.63) is 0 Å². The molecule has 0 bridgehead atoms. The van der Waals surface area contributed by atoms with Gasteiger partial charge in [-0.3, -0.25) is 0 Å². The zero-order chi connectivity index (χ0) is 7.28. The molecule has 0 rings (SSSR count). The Labute approximate surface area is 70.1 Å². The number of hydrogen-bond donors (Lipinski definition) is 0. The van der Waals surface area contributed by atoms with Gasteiger partial charge < -0.3 is 0 Å². The summed E-state index contributed by atoms with van der Waals surface area (Å²) in [7, 11) is 0. The van der Waals surface area contributed by atoms with E-state index in [1.807, 2.05) is 6.92 Å². The third-order valence-electron chi connectivity index (χ3n) is 1.39. The molecule has 0 amide bonds. The molecule has 53 valence electrons. The van der Waals surface area contributed by atoms with E-state index in [1.54, 1.807) is 22.3 Å². The van der Waals surface area contributed by atoms with Crippen LogP contribution in [-0.2, 0) is 4.79 Å². The Balaban J connectivity index is 3.27. The third kappa shape index (κ3) is 4.93. The van der Waals surface area contributed by atoms with Crippen molar-refractivity contribution in [3.63, 3.8) is 0 Å². The number of carbonyl (C=O) groups excluding carboxylic acids is 1. The second-order valence-corrected chi connectivity index (χ2v) is 3.51. The molecule has 0 aromatic rings. The van der Waals surface area contributed by atoms with Crippen LogP contribution in [0.2, 0.25) is 0 Å². The first-order chi connectivity index (χ1) is 4.18. The Morgan fingerprint density at radius 1 is 1.67 bits per heavy atom. The summed E-state index contributed by atoms with van der Waals surface area (Å²) >= 11 is 1.60. The van der Waals surface area contributed by atoms with Crippen LogP contribution in [0.25, 0.3) is 0 Å². The van der Waals surface area contributed by atoms with Gasteiger partial charge in [-0.1, -0.05) is 0 Å². The van der Waals surface area contributed by atoms with E-state index in [0.29, 0.717) is 3.83 Å². The van der Waals surface area contributed by atoms with E-state index in [4.69, 9.17) is 0 Å². The molecule has 0 fully saturated rings. The molecule has 0 spiro atoms. The van der Waals surface area contributed by atoms with Gasteiger partial charge in [0, 0.05) is 0 Å². The average Bonchev–Trinajstić information content (AvgIpc) is 1.82. The van der Waals surface area contributed by atoms with Gasteiger partial charge in [-0.2, -0.15) is 0 Å². The number of hydrogen-bond acceptors (Lipinski definition) is 1. The zero-order valence-electron chi connectivity index (χ0n) is 6.02. The minimum absolute atomic E-state index is 0.287. The predicted molar refractivity (Wildman–Crippen MR) is 39.5 cm³/mol. The second kappa shape index (κ2) is 5.26. The van der Waals surface area contributed by atoms with Gasteiger partial charge in [0.05, 0.1) is 0 Å². The first-order valence-electron chi connectivity index (χ1n) is 3.39. The molecule has 0 heterocycles. The normalized spacial score (nSPS) is 13.1. The van der Waals surface area contributed by atoms with E-state index in [9.17, 15) is 4.79 Å². The maximum atomic E-state index is 10.7. The summed E-state index contributed by atoms with van der Waals surface area (Å²) in [6.07, 6.45) is 3.44. The van der Waals surface area contributed by atoms with Crippen molar-refractivity contribution in [2.24, 2.45) is 5.92 Å². The van der Waals surface area contributed by atoms with Gasteiger partial charge in [0.15, 0.2) is 0 Å². The zero-order valence-corrected chi connectivity index (χ0v) is 8.35. The van der Waals surface area contributed by atoms with Gasteiger partial charge in [0.25, 0.3) is 0 Å². The molecule has 0 saturated carbocycles. The summed E-state index contributed by atoms with van der Waals surface area (Å²) in [5.41, 5.74) is 0. The van der Waals surface area contributed by atoms with Gasteiger partial charge in [0.2, 0.25) is 0 Å². The third-order valence-corrected chi connectivity index (χ3v) is 2.54. The van der Waals surface area contributed by atoms with E-state index in [1.165, 1.54) is 12.8 Å². The fraction of sp³-hybridized carbons (Fsp3) is 0.857. The fourth-order valence-electron chi connectivity index (χ4n) is 0.628. The molecule has 1 nitrogen and oxygen atoms in total. The molecule has 0 aliphatic heterocycles. The molecular formula is C7H13OTe. The molecule has 0 saturated heterocycles. The molecule has 2 heteroatoms. The summed E-state index contributed by atoms with van der Waals surface area (Å²) < 4.78 is 0.333. The summed E-state index contributed by atoms with van der Waals surface area (Å²) in [6.45, 7) is 4.15. The molecular weight excluding hydrogens is 228 g/mol. The summed E-state index contributed by atoms with van der Waals surface area (Å²) in [5, 5.41) is 0. The van der Waals surface area contributed by atoms with Crippen LogP contribution < -0.4 is 0 Å². The van der Waals surface area contributed by atoms with Gasteiger partial charge >= 0.3 is 69.9 Å². The second-order valence-electron chi connectivity index (χ2n) is 2.36. The van der Waals surface area contributed by atoms with Gasteiger partial charge in [-0.25, -0.2) is 0 Å². The van der Waals surface area contributed by atoms with Crippen LogP contribution in [0.1, 0.15) is 33.1 Å². The minimum atomic E-state index is 0.287. The molecule has 1 radical (unpaired) electrons. The van der Waals surface area contributed by atoms with E-state index in [-0.39, 0.29) is 5.92 Å². The number of unbranched alkanes of at least 4 members (excludes halogenated alkanes) is 1. The summed E-state index contributed by atoms with van der Waals surface area (Å²) in [5.74, 6) is 0.287. The maximum absolute atomic E-state index is 10.7. The number of carbonyl (C=O) groups is 1. The summed E-state index contributed by atoms with van der Waals surface area (Å²) in [4.78, 5) is 10.7. The topological polar surface area (TPSA) is 17.1 Å².